The number of rotatable bonds is 45. The molecule has 0 aliphatic heterocycles. The van der Waals surface area contributed by atoms with Gasteiger partial charge in [0.25, 0.3) is 0 Å². The lowest BCUT2D eigenvalue weighted by Gasteiger charge is -2.05. The van der Waals surface area contributed by atoms with Gasteiger partial charge in [0.05, 0.1) is 6.61 Å². The lowest BCUT2D eigenvalue weighted by molar-refractivity contribution is -0.137. The van der Waals surface area contributed by atoms with Crippen LogP contribution < -0.4 is 0 Å². The summed E-state index contributed by atoms with van der Waals surface area (Å²) >= 11 is 0. The van der Waals surface area contributed by atoms with Gasteiger partial charge in [-0.15, -0.1) is 0 Å². The van der Waals surface area contributed by atoms with Crippen LogP contribution in [0.2, 0.25) is 0 Å². The van der Waals surface area contributed by atoms with Gasteiger partial charge in [-0.1, -0.05) is 282 Å². The van der Waals surface area contributed by atoms with Crippen molar-refractivity contribution in [1.82, 2.24) is 0 Å². The van der Waals surface area contributed by atoms with E-state index in [1.807, 2.05) is 12.2 Å². The zero-order valence-electron chi connectivity index (χ0n) is 36.0. The first kappa shape index (κ1) is 51.0. The summed E-state index contributed by atoms with van der Waals surface area (Å²) in [4.78, 5) is 11.9. The Balaban J connectivity index is 3.22. The zero-order valence-corrected chi connectivity index (χ0v) is 36.0. The molecule has 0 heterocycles. The first-order chi connectivity index (χ1) is 25.8. The third-order valence-corrected chi connectivity index (χ3v) is 11.2. The molecule has 0 aromatic rings. The van der Waals surface area contributed by atoms with E-state index in [0.717, 1.165) is 12.8 Å². The van der Waals surface area contributed by atoms with E-state index in [0.29, 0.717) is 6.61 Å². The molecule has 0 aliphatic rings. The van der Waals surface area contributed by atoms with Gasteiger partial charge in [0.15, 0.2) is 0 Å². The summed E-state index contributed by atoms with van der Waals surface area (Å²) in [5.74, 6) is -0.198. The number of unbranched alkanes of at least 4 members (excludes halogenated alkanes) is 40. The molecule has 2 nitrogen and oxygen atoms in total. The van der Waals surface area contributed by atoms with Crippen molar-refractivity contribution in [2.24, 2.45) is 0 Å². The van der Waals surface area contributed by atoms with Gasteiger partial charge in [-0.2, -0.15) is 0 Å². The van der Waals surface area contributed by atoms with E-state index < -0.39 is 0 Å². The first-order valence-electron chi connectivity index (χ1n) is 24.3. The van der Waals surface area contributed by atoms with Crippen LogP contribution in [0.1, 0.15) is 284 Å². The highest BCUT2D eigenvalue weighted by Gasteiger charge is 1.99. The third-order valence-electron chi connectivity index (χ3n) is 11.2. The lowest BCUT2D eigenvalue weighted by atomic mass is 10.0. The van der Waals surface area contributed by atoms with Crippen LogP contribution in [-0.2, 0) is 9.53 Å². The maximum absolute atomic E-state index is 11.9. The van der Waals surface area contributed by atoms with Crippen LogP contribution in [0.15, 0.2) is 24.3 Å². The summed E-state index contributed by atoms with van der Waals surface area (Å²) in [5, 5.41) is 0. The molecular weight excluding hydrogens is 633 g/mol. The Hall–Kier alpha value is -1.05. The largest absolute Gasteiger partial charge is 0.463 e. The van der Waals surface area contributed by atoms with Crippen molar-refractivity contribution in [3.8, 4) is 0 Å². The van der Waals surface area contributed by atoms with Crippen LogP contribution in [0.3, 0.4) is 0 Å². The van der Waals surface area contributed by atoms with Crippen molar-refractivity contribution in [3.63, 3.8) is 0 Å². The fraction of sp³-hybridized carbons (Fsp3) is 0.900. The summed E-state index contributed by atoms with van der Waals surface area (Å²) in [6.07, 6.45) is 66.4. The van der Waals surface area contributed by atoms with Gasteiger partial charge in [0.1, 0.15) is 0 Å². The zero-order chi connectivity index (χ0) is 37.5. The minimum atomic E-state index is -0.198. The minimum Gasteiger partial charge on any atom is -0.463 e. The number of ether oxygens (including phenoxy) is 1. The average molecular weight is 729 g/mol. The van der Waals surface area contributed by atoms with Crippen molar-refractivity contribution in [3.05, 3.63) is 24.3 Å². The summed E-state index contributed by atoms with van der Waals surface area (Å²) in [6, 6.07) is 0. The van der Waals surface area contributed by atoms with Crippen molar-refractivity contribution in [1.29, 1.82) is 0 Å². The van der Waals surface area contributed by atoms with Gasteiger partial charge in [0, 0.05) is 6.08 Å². The molecule has 0 spiro atoms. The molecule has 52 heavy (non-hydrogen) atoms. The summed E-state index contributed by atoms with van der Waals surface area (Å²) in [7, 11) is 0. The average Bonchev–Trinajstić information content (AvgIpc) is 3.15. The van der Waals surface area contributed by atoms with Gasteiger partial charge in [-0.3, -0.25) is 0 Å². The second kappa shape index (κ2) is 48.0. The van der Waals surface area contributed by atoms with Crippen molar-refractivity contribution in [2.75, 3.05) is 6.61 Å². The SMILES string of the molecule is CCCCCCCCCCCCCCCC=CC=CC(=O)OCCCCCCCCCCCCCCCCCCCCCCCCCCCCCC. The first-order valence-corrected chi connectivity index (χ1v) is 24.3. The molecule has 2 heteroatoms. The monoisotopic (exact) mass is 729 g/mol. The molecule has 0 aromatic carbocycles. The van der Waals surface area contributed by atoms with Gasteiger partial charge in [-0.05, 0) is 19.3 Å². The predicted octanol–water partition coefficient (Wildman–Crippen LogP) is 18.1. The van der Waals surface area contributed by atoms with Gasteiger partial charge in [-0.25, -0.2) is 4.79 Å². The Bertz CT molecular complexity index is 709. The number of carbonyl (C=O) groups excluding carboxylic acids is 1. The van der Waals surface area contributed by atoms with Crippen LogP contribution in [0.4, 0.5) is 0 Å². The molecule has 308 valence electrons. The van der Waals surface area contributed by atoms with Crippen LogP contribution in [0, 0.1) is 0 Å². The number of allylic oxidation sites excluding steroid dienone is 3. The maximum Gasteiger partial charge on any atom is 0.330 e. The van der Waals surface area contributed by atoms with E-state index in [-0.39, 0.29) is 5.97 Å². The molecule has 0 aromatic heterocycles. The molecule has 0 bridgehead atoms. The Morgan fingerprint density at radius 1 is 0.327 bits per heavy atom. The Morgan fingerprint density at radius 2 is 0.577 bits per heavy atom. The molecule has 0 atom stereocenters. The Morgan fingerprint density at radius 3 is 0.865 bits per heavy atom. The number of hydrogen-bond acceptors (Lipinski definition) is 2. The molecular formula is C50H96O2. The van der Waals surface area contributed by atoms with Gasteiger partial charge >= 0.3 is 5.97 Å². The second-order valence-corrected chi connectivity index (χ2v) is 16.5. The molecule has 0 saturated heterocycles. The molecule has 0 N–H and O–H groups in total. The van der Waals surface area contributed by atoms with Gasteiger partial charge in [0.2, 0.25) is 0 Å². The smallest absolute Gasteiger partial charge is 0.330 e. The standard InChI is InChI=1S/C50H96O2/c1-3-5-7-9-11-13-15-17-19-21-22-23-24-25-26-27-28-29-30-31-33-35-37-39-41-43-45-47-49-52-50(51)48-46-44-42-40-38-36-34-32-20-18-16-14-12-10-8-6-4-2/h42,44,46,48H,3-41,43,45,47,49H2,1-2H3. The highest BCUT2D eigenvalue weighted by atomic mass is 16.5. The van der Waals surface area contributed by atoms with E-state index in [4.69, 9.17) is 4.74 Å². The summed E-state index contributed by atoms with van der Waals surface area (Å²) in [6.45, 7) is 5.15. The van der Waals surface area contributed by atoms with Crippen molar-refractivity contribution >= 4 is 5.97 Å². The highest BCUT2D eigenvalue weighted by Crippen LogP contribution is 2.17. The molecule has 0 amide bonds. The van der Waals surface area contributed by atoms with E-state index >= 15 is 0 Å². The quantitative estimate of drug-likeness (QED) is 0.0270. The molecule has 0 unspecified atom stereocenters. The van der Waals surface area contributed by atoms with Crippen molar-refractivity contribution < 1.29 is 9.53 Å². The van der Waals surface area contributed by atoms with Crippen LogP contribution in [-0.4, -0.2) is 12.6 Å². The van der Waals surface area contributed by atoms with E-state index in [2.05, 4.69) is 19.9 Å². The molecule has 0 saturated carbocycles. The minimum absolute atomic E-state index is 0.198. The number of hydrogen-bond donors (Lipinski definition) is 0. The predicted molar refractivity (Wildman–Crippen MR) is 235 cm³/mol. The topological polar surface area (TPSA) is 26.3 Å². The van der Waals surface area contributed by atoms with Gasteiger partial charge < -0.3 is 4.74 Å². The number of carbonyl (C=O) groups is 1. The van der Waals surface area contributed by atoms with E-state index in [1.54, 1.807) is 6.08 Å². The Kier molecular flexibility index (Phi) is 47.0. The molecule has 0 aliphatic carbocycles. The third kappa shape index (κ3) is 47.0. The second-order valence-electron chi connectivity index (χ2n) is 16.5. The lowest BCUT2D eigenvalue weighted by Crippen LogP contribution is -2.02. The fourth-order valence-electron chi connectivity index (χ4n) is 7.58. The molecule has 0 radical (unpaired) electrons. The Labute approximate surface area is 329 Å². The summed E-state index contributed by atoms with van der Waals surface area (Å²) < 4.78 is 5.37. The normalized spacial score (nSPS) is 11.8. The fourth-order valence-corrected chi connectivity index (χ4v) is 7.58. The van der Waals surface area contributed by atoms with E-state index in [1.165, 1.54) is 257 Å². The molecule has 0 rings (SSSR count). The van der Waals surface area contributed by atoms with Crippen LogP contribution in [0.5, 0.6) is 0 Å². The number of esters is 1. The highest BCUT2D eigenvalue weighted by molar-refractivity contribution is 5.82. The van der Waals surface area contributed by atoms with Crippen molar-refractivity contribution in [2.45, 2.75) is 284 Å². The molecule has 0 fully saturated rings. The van der Waals surface area contributed by atoms with Crippen LogP contribution in [0.25, 0.3) is 0 Å². The van der Waals surface area contributed by atoms with Crippen LogP contribution >= 0.6 is 0 Å². The summed E-state index contributed by atoms with van der Waals surface area (Å²) in [5.41, 5.74) is 0. The maximum atomic E-state index is 11.9. The van der Waals surface area contributed by atoms with E-state index in [9.17, 15) is 4.79 Å².